The van der Waals surface area contributed by atoms with Crippen molar-refractivity contribution in [2.24, 2.45) is 11.5 Å². The monoisotopic (exact) mass is 243 g/mol. The van der Waals surface area contributed by atoms with E-state index < -0.39 is 5.54 Å². The highest BCUT2D eigenvalue weighted by molar-refractivity contribution is 5.84. The van der Waals surface area contributed by atoms with Crippen molar-refractivity contribution >= 4 is 5.91 Å². The topological polar surface area (TPSA) is 81.6 Å². The third kappa shape index (κ3) is 3.94. The van der Waals surface area contributed by atoms with Gasteiger partial charge in [0, 0.05) is 19.2 Å². The second-order valence-electron chi connectivity index (χ2n) is 4.95. The molecule has 1 aliphatic carbocycles. The molecule has 1 saturated carbocycles. The molecule has 0 bridgehead atoms. The lowest BCUT2D eigenvalue weighted by molar-refractivity contribution is -0.125. The number of primary amides is 1. The number of carbonyl (C=O) groups is 1. The standard InChI is InChI=1S/C12H25N3O2/c1-3-17-8-7-15(2)10-5-4-6-12(14,9-10)11(13)16/h10H,3-9,14H2,1-2H3,(H2,13,16). The Kier molecular flexibility index (Phi) is 5.36. The summed E-state index contributed by atoms with van der Waals surface area (Å²) in [5, 5.41) is 0. The van der Waals surface area contributed by atoms with Crippen molar-refractivity contribution in [3.8, 4) is 0 Å². The number of rotatable bonds is 6. The molecule has 100 valence electrons. The van der Waals surface area contributed by atoms with E-state index in [1.54, 1.807) is 0 Å². The first-order chi connectivity index (χ1) is 7.99. The molecule has 0 saturated heterocycles. The SMILES string of the molecule is CCOCCN(C)C1CCCC(N)(C(N)=O)C1. The van der Waals surface area contributed by atoms with Crippen molar-refractivity contribution < 1.29 is 9.53 Å². The number of hydrogen-bond donors (Lipinski definition) is 2. The van der Waals surface area contributed by atoms with E-state index in [1.165, 1.54) is 0 Å². The highest BCUT2D eigenvalue weighted by Gasteiger charge is 2.38. The molecule has 2 unspecified atom stereocenters. The van der Waals surface area contributed by atoms with Gasteiger partial charge in [-0.3, -0.25) is 4.79 Å². The maximum Gasteiger partial charge on any atom is 0.237 e. The molecule has 1 amide bonds. The van der Waals surface area contributed by atoms with E-state index in [0.717, 1.165) is 32.6 Å². The van der Waals surface area contributed by atoms with Crippen LogP contribution < -0.4 is 11.5 Å². The van der Waals surface area contributed by atoms with Crippen molar-refractivity contribution in [2.75, 3.05) is 26.8 Å². The molecular weight excluding hydrogens is 218 g/mol. The zero-order valence-electron chi connectivity index (χ0n) is 10.9. The van der Waals surface area contributed by atoms with Crippen LogP contribution in [-0.2, 0) is 9.53 Å². The average molecular weight is 243 g/mol. The minimum Gasteiger partial charge on any atom is -0.380 e. The summed E-state index contributed by atoms with van der Waals surface area (Å²) in [7, 11) is 2.05. The Morgan fingerprint density at radius 3 is 2.88 bits per heavy atom. The zero-order chi connectivity index (χ0) is 12.9. The minimum atomic E-state index is -0.817. The van der Waals surface area contributed by atoms with Crippen LogP contribution in [0.5, 0.6) is 0 Å². The number of nitrogens with two attached hydrogens (primary N) is 2. The molecule has 4 N–H and O–H groups in total. The van der Waals surface area contributed by atoms with Crippen LogP contribution in [0.25, 0.3) is 0 Å². The van der Waals surface area contributed by atoms with Crippen LogP contribution in [0.4, 0.5) is 0 Å². The van der Waals surface area contributed by atoms with Gasteiger partial charge >= 0.3 is 0 Å². The Balaban J connectivity index is 2.45. The predicted octanol–water partition coefficient (Wildman–Crippen LogP) is 0.0801. The van der Waals surface area contributed by atoms with Crippen molar-refractivity contribution in [3.63, 3.8) is 0 Å². The summed E-state index contributed by atoms with van der Waals surface area (Å²) in [5.74, 6) is -0.375. The van der Waals surface area contributed by atoms with Crippen LogP contribution in [0.3, 0.4) is 0 Å². The molecule has 0 aromatic rings. The molecule has 0 aliphatic heterocycles. The number of nitrogens with zero attached hydrogens (tertiary/aromatic N) is 1. The van der Waals surface area contributed by atoms with Gasteiger partial charge in [-0.25, -0.2) is 0 Å². The van der Waals surface area contributed by atoms with E-state index in [0.29, 0.717) is 18.9 Å². The Labute approximate surface area is 103 Å². The van der Waals surface area contributed by atoms with E-state index >= 15 is 0 Å². The number of amides is 1. The molecular formula is C12H25N3O2. The van der Waals surface area contributed by atoms with Gasteiger partial charge in [-0.2, -0.15) is 0 Å². The van der Waals surface area contributed by atoms with Gasteiger partial charge in [-0.1, -0.05) is 0 Å². The highest BCUT2D eigenvalue weighted by atomic mass is 16.5. The summed E-state index contributed by atoms with van der Waals surface area (Å²) < 4.78 is 5.33. The van der Waals surface area contributed by atoms with Gasteiger partial charge in [0.2, 0.25) is 5.91 Å². The fourth-order valence-electron chi connectivity index (χ4n) is 2.41. The third-order valence-corrected chi connectivity index (χ3v) is 3.67. The number of carbonyl (C=O) groups excluding carboxylic acids is 1. The van der Waals surface area contributed by atoms with Crippen LogP contribution in [0.2, 0.25) is 0 Å². The molecule has 5 heteroatoms. The van der Waals surface area contributed by atoms with Crippen LogP contribution >= 0.6 is 0 Å². The first kappa shape index (κ1) is 14.4. The largest absolute Gasteiger partial charge is 0.380 e. The van der Waals surface area contributed by atoms with Gasteiger partial charge in [0.05, 0.1) is 12.1 Å². The van der Waals surface area contributed by atoms with Gasteiger partial charge in [0.1, 0.15) is 0 Å². The van der Waals surface area contributed by atoms with E-state index in [1.807, 2.05) is 6.92 Å². The van der Waals surface area contributed by atoms with Crippen LogP contribution in [0.1, 0.15) is 32.6 Å². The Bertz CT molecular complexity index is 260. The molecule has 1 aliphatic rings. The average Bonchev–Trinajstić information content (AvgIpc) is 2.29. The lowest BCUT2D eigenvalue weighted by Gasteiger charge is -2.39. The second kappa shape index (κ2) is 6.33. The molecule has 0 radical (unpaired) electrons. The highest BCUT2D eigenvalue weighted by Crippen LogP contribution is 2.28. The molecule has 1 fully saturated rings. The maximum absolute atomic E-state index is 11.4. The maximum atomic E-state index is 11.4. The van der Waals surface area contributed by atoms with Gasteiger partial charge in [-0.05, 0) is 39.7 Å². The van der Waals surface area contributed by atoms with Gasteiger partial charge in [0.25, 0.3) is 0 Å². The van der Waals surface area contributed by atoms with Gasteiger partial charge < -0.3 is 21.1 Å². The molecule has 0 aromatic carbocycles. The summed E-state index contributed by atoms with van der Waals surface area (Å²) in [4.78, 5) is 13.6. The molecule has 17 heavy (non-hydrogen) atoms. The summed E-state index contributed by atoms with van der Waals surface area (Å²) in [6, 6.07) is 0.335. The molecule has 2 atom stereocenters. The quantitative estimate of drug-likeness (QED) is 0.647. The fraction of sp³-hybridized carbons (Fsp3) is 0.917. The van der Waals surface area contributed by atoms with Gasteiger partial charge in [-0.15, -0.1) is 0 Å². The minimum absolute atomic E-state index is 0.335. The first-order valence-corrected chi connectivity index (χ1v) is 6.36. The van der Waals surface area contributed by atoms with Crippen molar-refractivity contribution in [1.29, 1.82) is 0 Å². The smallest absolute Gasteiger partial charge is 0.237 e. The third-order valence-electron chi connectivity index (χ3n) is 3.67. The normalized spacial score (nSPS) is 29.5. The Hall–Kier alpha value is -0.650. The number of likely N-dealkylation sites (N-methyl/N-ethyl adjacent to an activating group) is 1. The molecule has 1 rings (SSSR count). The van der Waals surface area contributed by atoms with E-state index in [-0.39, 0.29) is 5.91 Å². The van der Waals surface area contributed by atoms with Crippen molar-refractivity contribution in [1.82, 2.24) is 4.90 Å². The zero-order valence-corrected chi connectivity index (χ0v) is 10.9. The first-order valence-electron chi connectivity index (χ1n) is 6.36. The summed E-state index contributed by atoms with van der Waals surface area (Å²) in [6.45, 7) is 4.31. The lowest BCUT2D eigenvalue weighted by Crippen LogP contribution is -2.58. The van der Waals surface area contributed by atoms with E-state index in [4.69, 9.17) is 16.2 Å². The van der Waals surface area contributed by atoms with Gasteiger partial charge in [0.15, 0.2) is 0 Å². The van der Waals surface area contributed by atoms with Crippen molar-refractivity contribution in [2.45, 2.75) is 44.2 Å². The lowest BCUT2D eigenvalue weighted by atomic mass is 9.79. The predicted molar refractivity (Wildman–Crippen MR) is 67.5 cm³/mol. The molecule has 5 nitrogen and oxygen atoms in total. The van der Waals surface area contributed by atoms with Crippen LogP contribution in [0, 0.1) is 0 Å². The number of ether oxygens (including phenoxy) is 1. The van der Waals surface area contributed by atoms with Crippen molar-refractivity contribution in [3.05, 3.63) is 0 Å². The van der Waals surface area contributed by atoms with E-state index in [9.17, 15) is 4.79 Å². The number of hydrogen-bond acceptors (Lipinski definition) is 4. The Morgan fingerprint density at radius 2 is 2.29 bits per heavy atom. The molecule has 0 aromatic heterocycles. The van der Waals surface area contributed by atoms with E-state index in [2.05, 4.69) is 11.9 Å². The summed E-state index contributed by atoms with van der Waals surface area (Å²) >= 11 is 0. The fourth-order valence-corrected chi connectivity index (χ4v) is 2.41. The molecule has 0 heterocycles. The second-order valence-corrected chi connectivity index (χ2v) is 4.95. The van der Waals surface area contributed by atoms with Crippen LogP contribution in [0.15, 0.2) is 0 Å². The van der Waals surface area contributed by atoms with Crippen LogP contribution in [-0.4, -0.2) is 49.2 Å². The summed E-state index contributed by atoms with van der Waals surface area (Å²) in [5.41, 5.74) is 10.6. The Morgan fingerprint density at radius 1 is 1.59 bits per heavy atom. The molecule has 0 spiro atoms. The summed E-state index contributed by atoms with van der Waals surface area (Å²) in [6.07, 6.45) is 3.40.